The molecule has 0 aliphatic rings. The van der Waals surface area contributed by atoms with E-state index in [-0.39, 0.29) is 11.6 Å². The summed E-state index contributed by atoms with van der Waals surface area (Å²) in [6.07, 6.45) is 0. The monoisotopic (exact) mass is 341 g/mol. The number of imidazole rings is 1. The lowest BCUT2D eigenvalue weighted by atomic mass is 10.3. The van der Waals surface area contributed by atoms with Crippen molar-refractivity contribution in [2.75, 3.05) is 5.73 Å². The summed E-state index contributed by atoms with van der Waals surface area (Å²) in [7, 11) is 1.67. The molecule has 0 saturated heterocycles. The van der Waals surface area contributed by atoms with E-state index < -0.39 is 11.6 Å². The first-order valence-corrected chi connectivity index (χ1v) is 6.52. The highest BCUT2D eigenvalue weighted by molar-refractivity contribution is 9.10. The van der Waals surface area contributed by atoms with E-state index in [1.807, 2.05) is 0 Å². The number of benzene rings is 1. The summed E-state index contributed by atoms with van der Waals surface area (Å²) < 4.78 is 31.3. The molecular weight excluding hydrogens is 332 g/mol. The lowest BCUT2D eigenvalue weighted by molar-refractivity contribution is 0.568. The summed E-state index contributed by atoms with van der Waals surface area (Å²) in [5.41, 5.74) is 7.15. The fourth-order valence-electron chi connectivity index (χ4n) is 2.26. The Morgan fingerprint density at radius 2 is 1.85 bits per heavy atom. The van der Waals surface area contributed by atoms with Crippen molar-refractivity contribution in [3.63, 3.8) is 0 Å². The summed E-state index contributed by atoms with van der Waals surface area (Å²) in [5.74, 6) is -1.46. The third-order valence-electron chi connectivity index (χ3n) is 3.03. The second kappa shape index (κ2) is 4.27. The number of hydrogen-bond acceptors (Lipinski definition) is 3. The zero-order valence-electron chi connectivity index (χ0n) is 10.7. The number of aromatic nitrogens is 4. The van der Waals surface area contributed by atoms with Gasteiger partial charge >= 0.3 is 0 Å². The van der Waals surface area contributed by atoms with E-state index in [9.17, 15) is 8.78 Å². The normalized spacial score (nSPS) is 11.4. The maximum absolute atomic E-state index is 14.1. The Morgan fingerprint density at radius 3 is 2.45 bits per heavy atom. The standard InChI is InChI=1S/C12H10BrF2N5/c1-5-9-11(19(2)18-5)20(12(16)17-9)10-7(14)3-6(13)4-8(10)15/h3-4H,1-2H3,(H2,16,17). The number of rotatable bonds is 1. The molecule has 3 aromatic rings. The van der Waals surface area contributed by atoms with Gasteiger partial charge in [-0.05, 0) is 19.1 Å². The van der Waals surface area contributed by atoms with E-state index in [1.54, 1.807) is 14.0 Å². The van der Waals surface area contributed by atoms with E-state index in [1.165, 1.54) is 21.4 Å². The molecule has 2 heterocycles. The molecule has 0 fully saturated rings. The van der Waals surface area contributed by atoms with Gasteiger partial charge in [0.2, 0.25) is 5.95 Å². The quantitative estimate of drug-likeness (QED) is 0.740. The van der Waals surface area contributed by atoms with Gasteiger partial charge in [0.1, 0.15) is 11.2 Å². The predicted molar refractivity (Wildman–Crippen MR) is 74.6 cm³/mol. The minimum Gasteiger partial charge on any atom is -0.369 e. The molecule has 2 N–H and O–H groups in total. The minimum absolute atomic E-state index is 0.0104. The van der Waals surface area contributed by atoms with Crippen molar-refractivity contribution in [2.45, 2.75) is 6.92 Å². The maximum Gasteiger partial charge on any atom is 0.207 e. The van der Waals surface area contributed by atoms with Gasteiger partial charge in [0, 0.05) is 11.5 Å². The van der Waals surface area contributed by atoms with Gasteiger partial charge in [0.25, 0.3) is 0 Å². The predicted octanol–water partition coefficient (Wildman–Crippen LogP) is 2.69. The van der Waals surface area contributed by atoms with E-state index in [4.69, 9.17) is 5.73 Å². The number of halogens is 3. The number of nitrogens with zero attached hydrogens (tertiary/aromatic N) is 4. The largest absolute Gasteiger partial charge is 0.369 e. The lowest BCUT2D eigenvalue weighted by Gasteiger charge is -2.09. The molecule has 0 amide bonds. The Hall–Kier alpha value is -1.96. The lowest BCUT2D eigenvalue weighted by Crippen LogP contribution is -2.08. The van der Waals surface area contributed by atoms with Gasteiger partial charge in [0.05, 0.1) is 5.69 Å². The Balaban J connectivity index is 2.44. The van der Waals surface area contributed by atoms with Crippen molar-refractivity contribution < 1.29 is 8.78 Å². The molecule has 0 radical (unpaired) electrons. The zero-order chi connectivity index (χ0) is 14.6. The van der Waals surface area contributed by atoms with Crippen molar-refractivity contribution in [3.05, 3.63) is 33.9 Å². The van der Waals surface area contributed by atoms with Gasteiger partial charge in [-0.15, -0.1) is 0 Å². The number of aryl methyl sites for hydroxylation is 2. The number of nitrogens with two attached hydrogens (primary N) is 1. The molecule has 0 atom stereocenters. The summed E-state index contributed by atoms with van der Waals surface area (Å²) in [4.78, 5) is 4.13. The van der Waals surface area contributed by atoms with Crippen molar-refractivity contribution in [3.8, 4) is 5.69 Å². The van der Waals surface area contributed by atoms with Gasteiger partial charge in [-0.25, -0.2) is 18.4 Å². The summed E-state index contributed by atoms with van der Waals surface area (Å²) >= 11 is 3.04. The van der Waals surface area contributed by atoms with Gasteiger partial charge in [-0.2, -0.15) is 5.10 Å². The van der Waals surface area contributed by atoms with Crippen LogP contribution >= 0.6 is 15.9 Å². The van der Waals surface area contributed by atoms with E-state index in [2.05, 4.69) is 26.0 Å². The van der Waals surface area contributed by atoms with Crippen LogP contribution in [0.2, 0.25) is 0 Å². The highest BCUT2D eigenvalue weighted by Gasteiger charge is 2.22. The molecule has 20 heavy (non-hydrogen) atoms. The Labute approximate surface area is 121 Å². The highest BCUT2D eigenvalue weighted by Crippen LogP contribution is 2.29. The fraction of sp³-hybridized carbons (Fsp3) is 0.167. The Bertz CT molecular complexity index is 813. The van der Waals surface area contributed by atoms with Gasteiger partial charge in [-0.1, -0.05) is 15.9 Å². The molecule has 0 bridgehead atoms. The van der Waals surface area contributed by atoms with Crippen LogP contribution in [-0.4, -0.2) is 19.3 Å². The van der Waals surface area contributed by atoms with Crippen molar-refractivity contribution >= 4 is 33.0 Å². The summed E-state index contributed by atoms with van der Waals surface area (Å²) in [5, 5.41) is 4.18. The highest BCUT2D eigenvalue weighted by atomic mass is 79.9. The van der Waals surface area contributed by atoms with Crippen LogP contribution in [0.1, 0.15) is 5.69 Å². The second-order valence-corrected chi connectivity index (χ2v) is 5.32. The van der Waals surface area contributed by atoms with Crippen LogP contribution in [0.25, 0.3) is 16.9 Å². The van der Waals surface area contributed by atoms with Crippen LogP contribution in [-0.2, 0) is 7.05 Å². The number of hydrogen-bond donors (Lipinski definition) is 1. The molecule has 0 unspecified atom stereocenters. The first-order valence-electron chi connectivity index (χ1n) is 5.72. The van der Waals surface area contributed by atoms with Crippen LogP contribution in [0.15, 0.2) is 16.6 Å². The van der Waals surface area contributed by atoms with Gasteiger partial charge in [-0.3, -0.25) is 4.57 Å². The maximum atomic E-state index is 14.1. The zero-order valence-corrected chi connectivity index (χ0v) is 12.2. The molecule has 8 heteroatoms. The molecule has 2 aromatic heterocycles. The summed E-state index contributed by atoms with van der Waals surface area (Å²) in [6, 6.07) is 2.35. The second-order valence-electron chi connectivity index (χ2n) is 4.40. The van der Waals surface area contributed by atoms with E-state index >= 15 is 0 Å². The first-order chi connectivity index (χ1) is 9.40. The van der Waals surface area contributed by atoms with E-state index in [0.717, 1.165) is 0 Å². The molecule has 3 rings (SSSR count). The topological polar surface area (TPSA) is 61.7 Å². The number of fused-ring (bicyclic) bond motifs is 1. The van der Waals surface area contributed by atoms with Crippen LogP contribution in [0.3, 0.4) is 0 Å². The summed E-state index contributed by atoms with van der Waals surface area (Å²) in [6.45, 7) is 1.76. The average molecular weight is 342 g/mol. The first kappa shape index (κ1) is 13.0. The van der Waals surface area contributed by atoms with Crippen LogP contribution in [0.4, 0.5) is 14.7 Å². The Kier molecular flexibility index (Phi) is 2.79. The third-order valence-corrected chi connectivity index (χ3v) is 3.49. The number of anilines is 1. The van der Waals surface area contributed by atoms with Crippen molar-refractivity contribution in [2.24, 2.45) is 7.05 Å². The number of nitrogen functional groups attached to an aromatic ring is 1. The molecule has 104 valence electrons. The van der Waals surface area contributed by atoms with Crippen LogP contribution in [0, 0.1) is 18.6 Å². The molecular formula is C12H10BrF2N5. The van der Waals surface area contributed by atoms with E-state index in [0.29, 0.717) is 21.3 Å². The molecule has 0 aliphatic carbocycles. The third kappa shape index (κ3) is 1.71. The Morgan fingerprint density at radius 1 is 1.25 bits per heavy atom. The van der Waals surface area contributed by atoms with Gasteiger partial charge < -0.3 is 5.73 Å². The molecule has 0 saturated carbocycles. The van der Waals surface area contributed by atoms with Crippen LogP contribution in [0.5, 0.6) is 0 Å². The smallest absolute Gasteiger partial charge is 0.207 e. The minimum atomic E-state index is -0.735. The molecule has 0 spiro atoms. The SMILES string of the molecule is Cc1nn(C)c2c1nc(N)n2-c1c(F)cc(Br)cc1F. The fourth-order valence-corrected chi connectivity index (χ4v) is 2.66. The van der Waals surface area contributed by atoms with Crippen molar-refractivity contribution in [1.82, 2.24) is 19.3 Å². The molecule has 1 aromatic carbocycles. The molecule has 0 aliphatic heterocycles. The average Bonchev–Trinajstić information content (AvgIpc) is 2.78. The van der Waals surface area contributed by atoms with Gasteiger partial charge in [0.15, 0.2) is 17.3 Å². The molecule has 5 nitrogen and oxygen atoms in total. The van der Waals surface area contributed by atoms with Crippen LogP contribution < -0.4 is 5.73 Å². The van der Waals surface area contributed by atoms with Crippen molar-refractivity contribution in [1.29, 1.82) is 0 Å².